The second-order valence-electron chi connectivity index (χ2n) is 12.2. The molecule has 0 radical (unpaired) electrons. The molecule has 2 amide bonds. The Morgan fingerprint density at radius 3 is 1.44 bits per heavy atom. The Hall–Kier alpha value is -3.46. The van der Waals surface area contributed by atoms with Gasteiger partial charge in [-0.3, -0.25) is 9.59 Å². The number of aromatic nitrogens is 2. The van der Waals surface area contributed by atoms with Crippen molar-refractivity contribution in [2.45, 2.75) is 71.5 Å². The standard InChI is InChI=1S/C31H34N4O3Si/c1-17(2)39(18(3)4,19(5)6)35-30(36)26-24-20-11-7-9-13-22(20)33-15-32(38)16-34-23-14-10-8-12-21(23)25(27(26)31(35)37)29(34)28(24)33/h7-14,17-19,38H,15-16H2,1-6H3. The van der Waals surface area contributed by atoms with Crippen molar-refractivity contribution in [2.24, 2.45) is 0 Å². The van der Waals surface area contributed by atoms with Gasteiger partial charge >= 0.3 is 0 Å². The summed E-state index contributed by atoms with van der Waals surface area (Å²) in [6.07, 6.45) is 0. The van der Waals surface area contributed by atoms with Gasteiger partial charge in [-0.15, -0.1) is 0 Å². The van der Waals surface area contributed by atoms with Crippen molar-refractivity contribution in [2.75, 3.05) is 0 Å². The van der Waals surface area contributed by atoms with Gasteiger partial charge in [0.25, 0.3) is 11.8 Å². The van der Waals surface area contributed by atoms with E-state index in [2.05, 4.69) is 50.7 Å². The smallest absolute Gasteiger partial charge is 0.254 e. The molecule has 39 heavy (non-hydrogen) atoms. The Balaban J connectivity index is 1.74. The topological polar surface area (TPSA) is 70.7 Å². The number of nitrogens with zero attached hydrogens (tertiary/aromatic N) is 4. The van der Waals surface area contributed by atoms with Crippen LogP contribution in [-0.4, -0.2) is 44.0 Å². The third kappa shape index (κ3) is 2.79. The van der Waals surface area contributed by atoms with Crippen molar-refractivity contribution in [1.82, 2.24) is 18.8 Å². The highest BCUT2D eigenvalue weighted by Gasteiger charge is 2.57. The third-order valence-electron chi connectivity index (χ3n) is 9.52. The fourth-order valence-corrected chi connectivity index (χ4v) is 14.9. The Morgan fingerprint density at radius 1 is 0.667 bits per heavy atom. The molecule has 4 heterocycles. The molecular formula is C31H34N4O3Si. The number of hydroxylamine groups is 2. The van der Waals surface area contributed by atoms with Crippen LogP contribution < -0.4 is 0 Å². The fraction of sp³-hybridized carbons (Fsp3) is 0.355. The van der Waals surface area contributed by atoms with E-state index in [0.717, 1.165) is 43.6 Å². The molecule has 0 saturated heterocycles. The van der Waals surface area contributed by atoms with Gasteiger partial charge in [0.2, 0.25) is 0 Å². The van der Waals surface area contributed by atoms with E-state index in [4.69, 9.17) is 0 Å². The lowest BCUT2D eigenvalue weighted by Gasteiger charge is -2.48. The lowest BCUT2D eigenvalue weighted by atomic mass is 9.97. The molecule has 7 rings (SSSR count). The lowest BCUT2D eigenvalue weighted by molar-refractivity contribution is -0.136. The van der Waals surface area contributed by atoms with Crippen molar-refractivity contribution in [3.05, 3.63) is 59.7 Å². The first-order valence-corrected chi connectivity index (χ1v) is 16.1. The molecule has 0 unspecified atom stereocenters. The van der Waals surface area contributed by atoms with Crippen molar-refractivity contribution in [1.29, 1.82) is 0 Å². The van der Waals surface area contributed by atoms with E-state index >= 15 is 0 Å². The number of benzene rings is 3. The molecule has 2 aliphatic heterocycles. The first-order chi connectivity index (χ1) is 18.6. The summed E-state index contributed by atoms with van der Waals surface area (Å²) in [7, 11) is -2.65. The number of carbonyl (C=O) groups is 2. The summed E-state index contributed by atoms with van der Waals surface area (Å²) in [6, 6.07) is 16.1. The van der Waals surface area contributed by atoms with Crippen LogP contribution in [0.4, 0.5) is 0 Å². The largest absolute Gasteiger partial charge is 0.323 e. The molecule has 0 aliphatic carbocycles. The van der Waals surface area contributed by atoms with E-state index in [-0.39, 0.29) is 41.8 Å². The van der Waals surface area contributed by atoms with Crippen LogP contribution >= 0.6 is 0 Å². The highest BCUT2D eigenvalue weighted by atomic mass is 28.3. The predicted octanol–water partition coefficient (Wildman–Crippen LogP) is 7.29. The molecule has 0 saturated carbocycles. The Bertz CT molecular complexity index is 1740. The summed E-state index contributed by atoms with van der Waals surface area (Å²) >= 11 is 0. The molecule has 8 heteroatoms. The van der Waals surface area contributed by atoms with Gasteiger partial charge in [-0.05, 0) is 28.8 Å². The van der Waals surface area contributed by atoms with Gasteiger partial charge in [0.15, 0.2) is 8.24 Å². The van der Waals surface area contributed by atoms with Crippen LogP contribution in [0.15, 0.2) is 48.5 Å². The van der Waals surface area contributed by atoms with Crippen molar-refractivity contribution in [3.63, 3.8) is 0 Å². The van der Waals surface area contributed by atoms with Gasteiger partial charge in [-0.1, -0.05) is 77.9 Å². The molecule has 5 aromatic rings. The van der Waals surface area contributed by atoms with Crippen molar-refractivity contribution >= 4 is 63.7 Å². The average Bonchev–Trinajstić information content (AvgIpc) is 3.42. The Labute approximate surface area is 228 Å². The summed E-state index contributed by atoms with van der Waals surface area (Å²) in [6.45, 7) is 13.7. The first-order valence-electron chi connectivity index (χ1n) is 13.9. The minimum Gasteiger partial charge on any atom is -0.323 e. The summed E-state index contributed by atoms with van der Waals surface area (Å²) in [5, 5.41) is 15.8. The number of hydrogen-bond acceptors (Lipinski definition) is 4. The zero-order valence-electron chi connectivity index (χ0n) is 23.3. The number of carbonyl (C=O) groups excluding carboxylic acids is 2. The van der Waals surface area contributed by atoms with Crippen LogP contribution in [0.5, 0.6) is 0 Å². The van der Waals surface area contributed by atoms with E-state index in [1.165, 1.54) is 5.06 Å². The number of rotatable bonds is 4. The second kappa shape index (κ2) is 8.03. The zero-order chi connectivity index (χ0) is 27.5. The normalized spacial score (nSPS) is 16.5. The first kappa shape index (κ1) is 24.6. The highest BCUT2D eigenvalue weighted by Crippen LogP contribution is 2.52. The van der Waals surface area contributed by atoms with Gasteiger partial charge in [-0.25, -0.2) is 0 Å². The minimum absolute atomic E-state index is 0.149. The summed E-state index contributed by atoms with van der Waals surface area (Å²) in [5.41, 5.74) is 5.38. The van der Waals surface area contributed by atoms with E-state index in [1.54, 1.807) is 4.57 Å². The molecule has 1 N–H and O–H groups in total. The maximum Gasteiger partial charge on any atom is 0.254 e. The highest BCUT2D eigenvalue weighted by molar-refractivity contribution is 6.86. The fourth-order valence-electron chi connectivity index (χ4n) is 8.39. The van der Waals surface area contributed by atoms with Crippen LogP contribution in [0.25, 0.3) is 43.6 Å². The van der Waals surface area contributed by atoms with Gasteiger partial charge < -0.3 is 18.9 Å². The lowest BCUT2D eigenvalue weighted by Crippen LogP contribution is -2.62. The van der Waals surface area contributed by atoms with E-state index in [1.807, 2.05) is 48.5 Å². The van der Waals surface area contributed by atoms with Gasteiger partial charge in [0.05, 0.1) is 33.2 Å². The molecule has 0 atom stereocenters. The van der Waals surface area contributed by atoms with Crippen LogP contribution in [0, 0.1) is 0 Å². The Kier molecular flexibility index (Phi) is 5.06. The molecule has 3 aromatic carbocycles. The molecule has 2 aromatic heterocycles. The van der Waals surface area contributed by atoms with Gasteiger partial charge in [0, 0.05) is 21.5 Å². The second-order valence-corrected chi connectivity index (χ2v) is 17.9. The minimum atomic E-state index is -2.65. The van der Waals surface area contributed by atoms with E-state index in [9.17, 15) is 14.8 Å². The number of amides is 2. The van der Waals surface area contributed by atoms with Gasteiger partial charge in [-0.2, -0.15) is 5.06 Å². The SMILES string of the molecule is CC(C)[Si](C(C)C)(C(C)C)N1C(=O)c2c(c3c4ccccc4n4c3c3c2c2ccccc2n3CN(O)C4)C1=O. The Morgan fingerprint density at radius 2 is 1.05 bits per heavy atom. The molecule has 0 spiro atoms. The van der Waals surface area contributed by atoms with Crippen LogP contribution in [-0.2, 0) is 13.3 Å². The summed E-state index contributed by atoms with van der Waals surface area (Å²) in [5.74, 6) is -0.297. The molecule has 200 valence electrons. The average molecular weight is 539 g/mol. The molecule has 0 bridgehead atoms. The monoisotopic (exact) mass is 538 g/mol. The van der Waals surface area contributed by atoms with E-state index in [0.29, 0.717) is 11.1 Å². The predicted molar refractivity (Wildman–Crippen MR) is 158 cm³/mol. The van der Waals surface area contributed by atoms with Crippen LogP contribution in [0.1, 0.15) is 62.3 Å². The van der Waals surface area contributed by atoms with Crippen LogP contribution in [0.2, 0.25) is 16.6 Å². The number of para-hydroxylation sites is 2. The molecule has 2 aliphatic rings. The molecular weight excluding hydrogens is 504 g/mol. The van der Waals surface area contributed by atoms with Crippen molar-refractivity contribution in [3.8, 4) is 0 Å². The summed E-state index contributed by atoms with van der Waals surface area (Å²) in [4.78, 5) is 29.7. The van der Waals surface area contributed by atoms with Gasteiger partial charge in [0.1, 0.15) is 13.3 Å². The van der Waals surface area contributed by atoms with Crippen LogP contribution in [0.3, 0.4) is 0 Å². The number of imide groups is 1. The molecule has 0 fully saturated rings. The number of hydrogen-bond donors (Lipinski definition) is 1. The van der Waals surface area contributed by atoms with Crippen molar-refractivity contribution < 1.29 is 14.8 Å². The van der Waals surface area contributed by atoms with E-state index < -0.39 is 8.24 Å². The zero-order valence-corrected chi connectivity index (χ0v) is 24.3. The maximum atomic E-state index is 14.9. The quantitative estimate of drug-likeness (QED) is 0.193. The third-order valence-corrected chi connectivity index (χ3v) is 16.3. The molecule has 7 nitrogen and oxygen atoms in total. The maximum absolute atomic E-state index is 14.9. The number of fused-ring (bicyclic) bond motifs is 9. The summed E-state index contributed by atoms with van der Waals surface area (Å²) < 4.78 is 5.97.